The van der Waals surface area contributed by atoms with Gasteiger partial charge in [0.05, 0.1) is 18.1 Å². The Morgan fingerprint density at radius 1 is 1.42 bits per heavy atom. The van der Waals surface area contributed by atoms with Gasteiger partial charge in [-0.05, 0) is 11.6 Å². The largest absolute Gasteiger partial charge is 0.496 e. The van der Waals surface area contributed by atoms with Gasteiger partial charge in [-0.1, -0.05) is 6.92 Å². The molecule has 0 aliphatic heterocycles. The molecule has 0 saturated carbocycles. The number of aromatic nitrogens is 2. The maximum absolute atomic E-state index is 10.9. The Bertz CT molecular complexity index is 593. The smallest absolute Gasteiger partial charge is 0.273 e. The third-order valence-electron chi connectivity index (χ3n) is 2.87. The van der Waals surface area contributed by atoms with E-state index in [-0.39, 0.29) is 5.69 Å². The number of imidazole rings is 1. The van der Waals surface area contributed by atoms with E-state index in [1.807, 2.05) is 17.7 Å². The summed E-state index contributed by atoms with van der Waals surface area (Å²) in [4.78, 5) is 14.7. The van der Waals surface area contributed by atoms with E-state index in [2.05, 4.69) is 4.98 Å². The van der Waals surface area contributed by atoms with Crippen molar-refractivity contribution >= 4 is 5.69 Å². The molecule has 0 aliphatic rings. The molecule has 0 spiro atoms. The first-order chi connectivity index (χ1) is 9.13. The molecule has 100 valence electrons. The van der Waals surface area contributed by atoms with E-state index >= 15 is 0 Å². The fourth-order valence-electron chi connectivity index (χ4n) is 1.95. The molecule has 1 heterocycles. The normalized spacial score (nSPS) is 10.4. The minimum absolute atomic E-state index is 0.0347. The molecule has 0 radical (unpaired) electrons. The molecule has 0 amide bonds. The topological polar surface area (TPSA) is 70.2 Å². The molecular formula is C13H15N3O3. The highest BCUT2D eigenvalue weighted by molar-refractivity contribution is 5.43. The molecule has 0 aliphatic carbocycles. The van der Waals surface area contributed by atoms with E-state index in [1.54, 1.807) is 18.3 Å². The fourth-order valence-corrected chi connectivity index (χ4v) is 1.95. The predicted molar refractivity (Wildman–Crippen MR) is 70.4 cm³/mol. The van der Waals surface area contributed by atoms with Crippen LogP contribution in [-0.4, -0.2) is 21.6 Å². The van der Waals surface area contributed by atoms with Crippen molar-refractivity contribution in [1.29, 1.82) is 0 Å². The van der Waals surface area contributed by atoms with Gasteiger partial charge in [0.1, 0.15) is 11.6 Å². The van der Waals surface area contributed by atoms with Crippen molar-refractivity contribution in [3.05, 3.63) is 52.1 Å². The SMILES string of the molecule is CCc1nccn1Cc1cc(OC)cc([N+](=O)[O-])c1. The maximum atomic E-state index is 10.9. The van der Waals surface area contributed by atoms with Crippen LogP contribution in [0.25, 0.3) is 0 Å². The molecule has 2 aromatic rings. The lowest BCUT2D eigenvalue weighted by atomic mass is 10.2. The molecule has 0 saturated heterocycles. The van der Waals surface area contributed by atoms with E-state index in [0.29, 0.717) is 12.3 Å². The third-order valence-corrected chi connectivity index (χ3v) is 2.87. The van der Waals surface area contributed by atoms with Crippen molar-refractivity contribution in [3.8, 4) is 5.75 Å². The van der Waals surface area contributed by atoms with Crippen LogP contribution in [0, 0.1) is 10.1 Å². The Hall–Kier alpha value is -2.37. The van der Waals surface area contributed by atoms with Crippen molar-refractivity contribution in [2.75, 3.05) is 7.11 Å². The van der Waals surface area contributed by atoms with Gasteiger partial charge < -0.3 is 9.30 Å². The van der Waals surface area contributed by atoms with Crippen molar-refractivity contribution < 1.29 is 9.66 Å². The molecule has 1 aromatic heterocycles. The second kappa shape index (κ2) is 5.51. The van der Waals surface area contributed by atoms with Crippen LogP contribution in [0.1, 0.15) is 18.3 Å². The number of aryl methyl sites for hydroxylation is 1. The first-order valence-electron chi connectivity index (χ1n) is 5.96. The van der Waals surface area contributed by atoms with Gasteiger partial charge in [0.25, 0.3) is 5.69 Å². The number of hydrogen-bond acceptors (Lipinski definition) is 4. The molecule has 0 N–H and O–H groups in total. The van der Waals surface area contributed by atoms with Gasteiger partial charge in [-0.15, -0.1) is 0 Å². The minimum atomic E-state index is -0.416. The van der Waals surface area contributed by atoms with Crippen molar-refractivity contribution in [2.45, 2.75) is 19.9 Å². The maximum Gasteiger partial charge on any atom is 0.273 e. The molecule has 2 rings (SSSR count). The van der Waals surface area contributed by atoms with Crippen LogP contribution in [0.3, 0.4) is 0 Å². The highest BCUT2D eigenvalue weighted by Gasteiger charge is 2.11. The van der Waals surface area contributed by atoms with Crippen LogP contribution in [-0.2, 0) is 13.0 Å². The first kappa shape index (κ1) is 13.1. The van der Waals surface area contributed by atoms with Gasteiger partial charge in [0.15, 0.2) is 0 Å². The summed E-state index contributed by atoms with van der Waals surface area (Å²) in [6.07, 6.45) is 4.41. The Morgan fingerprint density at radius 3 is 2.84 bits per heavy atom. The number of rotatable bonds is 5. The summed E-state index contributed by atoms with van der Waals surface area (Å²) in [7, 11) is 1.50. The number of nitro benzene ring substituents is 1. The van der Waals surface area contributed by atoms with Gasteiger partial charge in [-0.25, -0.2) is 4.98 Å². The van der Waals surface area contributed by atoms with E-state index in [9.17, 15) is 10.1 Å². The van der Waals surface area contributed by atoms with Crippen LogP contribution < -0.4 is 4.74 Å². The van der Waals surface area contributed by atoms with E-state index in [1.165, 1.54) is 13.2 Å². The van der Waals surface area contributed by atoms with Crippen molar-refractivity contribution in [1.82, 2.24) is 9.55 Å². The fraction of sp³-hybridized carbons (Fsp3) is 0.308. The molecule has 6 heteroatoms. The summed E-state index contributed by atoms with van der Waals surface area (Å²) in [6, 6.07) is 4.77. The standard InChI is InChI=1S/C13H15N3O3/c1-3-13-14-4-5-15(13)9-10-6-11(16(17)18)8-12(7-10)19-2/h4-8H,3,9H2,1-2H3. The molecule has 0 atom stereocenters. The van der Waals surface area contributed by atoms with Crippen molar-refractivity contribution in [2.24, 2.45) is 0 Å². The van der Waals surface area contributed by atoms with Gasteiger partial charge in [-0.2, -0.15) is 0 Å². The predicted octanol–water partition coefficient (Wildman–Crippen LogP) is 2.41. The van der Waals surface area contributed by atoms with Crippen LogP contribution in [0.5, 0.6) is 5.75 Å². The van der Waals surface area contributed by atoms with Crippen LogP contribution >= 0.6 is 0 Å². The highest BCUT2D eigenvalue weighted by Crippen LogP contribution is 2.23. The Balaban J connectivity index is 2.34. The molecule has 6 nitrogen and oxygen atoms in total. The molecule has 0 fully saturated rings. The van der Waals surface area contributed by atoms with Crippen molar-refractivity contribution in [3.63, 3.8) is 0 Å². The summed E-state index contributed by atoms with van der Waals surface area (Å²) >= 11 is 0. The zero-order valence-corrected chi connectivity index (χ0v) is 10.9. The number of ether oxygens (including phenoxy) is 1. The van der Waals surface area contributed by atoms with Crippen LogP contribution in [0.2, 0.25) is 0 Å². The summed E-state index contributed by atoms with van der Waals surface area (Å²) < 4.78 is 7.06. The Kier molecular flexibility index (Phi) is 3.79. The van der Waals surface area contributed by atoms with E-state index in [0.717, 1.165) is 17.8 Å². The quantitative estimate of drug-likeness (QED) is 0.612. The number of methoxy groups -OCH3 is 1. The lowest BCUT2D eigenvalue weighted by molar-refractivity contribution is -0.385. The first-order valence-corrected chi connectivity index (χ1v) is 5.96. The van der Waals surface area contributed by atoms with Gasteiger partial charge in [0, 0.05) is 31.4 Å². The molecule has 19 heavy (non-hydrogen) atoms. The van der Waals surface area contributed by atoms with E-state index < -0.39 is 4.92 Å². The minimum Gasteiger partial charge on any atom is -0.496 e. The van der Waals surface area contributed by atoms with E-state index in [4.69, 9.17) is 4.74 Å². The number of nitro groups is 1. The summed E-state index contributed by atoms with van der Waals surface area (Å²) in [5, 5.41) is 10.9. The monoisotopic (exact) mass is 261 g/mol. The number of non-ortho nitro benzene ring substituents is 1. The zero-order valence-electron chi connectivity index (χ0n) is 10.9. The Labute approximate surface area is 110 Å². The molecule has 0 bridgehead atoms. The van der Waals surface area contributed by atoms with Gasteiger partial charge >= 0.3 is 0 Å². The third kappa shape index (κ3) is 2.90. The number of nitrogens with zero attached hydrogens (tertiary/aromatic N) is 3. The van der Waals surface area contributed by atoms with Crippen LogP contribution in [0.15, 0.2) is 30.6 Å². The summed E-state index contributed by atoms with van der Waals surface area (Å²) in [5.74, 6) is 1.44. The van der Waals surface area contributed by atoms with Gasteiger partial charge in [0.2, 0.25) is 0 Å². The molecule has 0 unspecified atom stereocenters. The second-order valence-corrected chi connectivity index (χ2v) is 4.12. The molecular weight excluding hydrogens is 246 g/mol. The summed E-state index contributed by atoms with van der Waals surface area (Å²) in [5.41, 5.74) is 0.853. The Morgan fingerprint density at radius 2 is 2.21 bits per heavy atom. The average molecular weight is 261 g/mol. The summed E-state index contributed by atoms with van der Waals surface area (Å²) in [6.45, 7) is 2.56. The number of benzene rings is 1. The highest BCUT2D eigenvalue weighted by atomic mass is 16.6. The van der Waals surface area contributed by atoms with Gasteiger partial charge in [-0.3, -0.25) is 10.1 Å². The lowest BCUT2D eigenvalue weighted by Gasteiger charge is -2.08. The molecule has 1 aromatic carbocycles. The average Bonchev–Trinajstić information content (AvgIpc) is 2.85. The lowest BCUT2D eigenvalue weighted by Crippen LogP contribution is -2.04. The zero-order chi connectivity index (χ0) is 13.8. The van der Waals surface area contributed by atoms with Crippen LogP contribution in [0.4, 0.5) is 5.69 Å². The second-order valence-electron chi connectivity index (χ2n) is 4.12. The number of hydrogen-bond donors (Lipinski definition) is 0.